The summed E-state index contributed by atoms with van der Waals surface area (Å²) in [5, 5.41) is 3.68. The number of fused-ring (bicyclic) bond motifs is 1. The van der Waals surface area contributed by atoms with Gasteiger partial charge < -0.3 is 10.1 Å². The number of benzene rings is 2. The molecule has 0 atom stereocenters. The fourth-order valence-electron chi connectivity index (χ4n) is 3.06. The molecule has 0 aliphatic rings. The highest BCUT2D eigenvalue weighted by atomic mass is 32.2. The molecular weight excluding hydrogens is 390 g/mol. The van der Waals surface area contributed by atoms with Gasteiger partial charge in [-0.25, -0.2) is 13.4 Å². The molecule has 152 valence electrons. The van der Waals surface area contributed by atoms with Gasteiger partial charge in [-0.05, 0) is 36.4 Å². The molecule has 1 heterocycles. The van der Waals surface area contributed by atoms with E-state index in [0.29, 0.717) is 18.9 Å². The first-order valence-electron chi connectivity index (χ1n) is 9.26. The number of para-hydroxylation sites is 1. The van der Waals surface area contributed by atoms with Crippen molar-refractivity contribution in [1.29, 1.82) is 0 Å². The maximum absolute atomic E-state index is 12.9. The number of rotatable bonds is 7. The molecule has 0 saturated heterocycles. The minimum atomic E-state index is -3.70. The molecule has 0 spiro atoms. The number of nitrogens with zero attached hydrogens (tertiary/aromatic N) is 2. The van der Waals surface area contributed by atoms with E-state index in [2.05, 4.69) is 10.3 Å². The van der Waals surface area contributed by atoms with E-state index in [1.54, 1.807) is 19.9 Å². The maximum atomic E-state index is 12.9. The molecule has 7 nitrogen and oxygen atoms in total. The van der Waals surface area contributed by atoms with Crippen molar-refractivity contribution < 1.29 is 17.9 Å². The Kier molecular flexibility index (Phi) is 6.14. The van der Waals surface area contributed by atoms with Crippen molar-refractivity contribution in [2.45, 2.75) is 18.7 Å². The van der Waals surface area contributed by atoms with Crippen LogP contribution in [-0.4, -0.2) is 43.8 Å². The van der Waals surface area contributed by atoms with Crippen molar-refractivity contribution in [3.05, 3.63) is 60.2 Å². The fraction of sp³-hybridized carbons (Fsp3) is 0.238. The van der Waals surface area contributed by atoms with E-state index < -0.39 is 15.9 Å². The van der Waals surface area contributed by atoms with Crippen molar-refractivity contribution in [3.8, 4) is 5.75 Å². The lowest BCUT2D eigenvalue weighted by Gasteiger charge is -2.19. The third-order valence-corrected chi connectivity index (χ3v) is 6.64. The molecule has 1 amide bonds. The molecule has 0 fully saturated rings. The zero-order valence-corrected chi connectivity index (χ0v) is 17.4. The van der Waals surface area contributed by atoms with Gasteiger partial charge in [-0.2, -0.15) is 4.31 Å². The van der Waals surface area contributed by atoms with Gasteiger partial charge in [-0.3, -0.25) is 4.79 Å². The normalized spacial score (nSPS) is 11.6. The highest BCUT2D eigenvalue weighted by molar-refractivity contribution is 7.89. The molecule has 0 aliphatic heterocycles. The van der Waals surface area contributed by atoms with Crippen LogP contribution in [0.2, 0.25) is 0 Å². The molecule has 8 heteroatoms. The van der Waals surface area contributed by atoms with Crippen LogP contribution in [-0.2, 0) is 10.0 Å². The van der Waals surface area contributed by atoms with E-state index in [-0.39, 0.29) is 16.2 Å². The lowest BCUT2D eigenvalue weighted by molar-refractivity contribution is 0.102. The summed E-state index contributed by atoms with van der Waals surface area (Å²) in [7, 11) is -2.27. The first-order valence-corrected chi connectivity index (χ1v) is 10.7. The third-order valence-electron chi connectivity index (χ3n) is 4.60. The van der Waals surface area contributed by atoms with Crippen LogP contribution in [0.4, 0.5) is 5.82 Å². The minimum absolute atomic E-state index is 0.0404. The Hall–Kier alpha value is -2.97. The number of hydrogen-bond acceptors (Lipinski definition) is 5. The Balaban J connectivity index is 1.96. The number of hydrogen-bond donors (Lipinski definition) is 1. The SMILES string of the molecule is CCN(CC)S(=O)(=O)c1ccc(OC)c(C(=O)Nc2ccc3ccccc3n2)c1. The number of carbonyl (C=O) groups is 1. The fourth-order valence-corrected chi connectivity index (χ4v) is 4.54. The minimum Gasteiger partial charge on any atom is -0.496 e. The largest absolute Gasteiger partial charge is 0.496 e. The summed E-state index contributed by atoms with van der Waals surface area (Å²) in [4.78, 5) is 17.3. The highest BCUT2D eigenvalue weighted by Crippen LogP contribution is 2.26. The van der Waals surface area contributed by atoms with Crippen LogP contribution >= 0.6 is 0 Å². The van der Waals surface area contributed by atoms with Gasteiger partial charge in [0.25, 0.3) is 5.91 Å². The summed E-state index contributed by atoms with van der Waals surface area (Å²) in [5.74, 6) is 0.149. The second kappa shape index (κ2) is 8.59. The van der Waals surface area contributed by atoms with Crippen LogP contribution in [0, 0.1) is 0 Å². The first kappa shape index (κ1) is 20.8. The molecule has 0 saturated carbocycles. The number of ether oxygens (including phenoxy) is 1. The van der Waals surface area contributed by atoms with E-state index in [9.17, 15) is 13.2 Å². The molecule has 3 aromatic rings. The Bertz CT molecular complexity index is 1140. The highest BCUT2D eigenvalue weighted by Gasteiger charge is 2.24. The van der Waals surface area contributed by atoms with Crippen LogP contribution in [0.5, 0.6) is 5.75 Å². The van der Waals surface area contributed by atoms with Crippen LogP contribution in [0.25, 0.3) is 10.9 Å². The lowest BCUT2D eigenvalue weighted by Crippen LogP contribution is -2.30. The summed E-state index contributed by atoms with van der Waals surface area (Å²) >= 11 is 0. The van der Waals surface area contributed by atoms with Gasteiger partial charge in [-0.15, -0.1) is 0 Å². The van der Waals surface area contributed by atoms with Gasteiger partial charge in [-0.1, -0.05) is 32.0 Å². The standard InChI is InChI=1S/C21H23N3O4S/c1-4-24(5-2)29(26,27)16-11-12-19(28-3)17(14-16)21(25)23-20-13-10-15-8-6-7-9-18(15)22-20/h6-14H,4-5H2,1-3H3,(H,22,23,25). The zero-order chi connectivity index (χ0) is 21.0. The number of nitrogens with one attached hydrogen (secondary N) is 1. The van der Waals surface area contributed by atoms with Crippen LogP contribution in [0.3, 0.4) is 0 Å². The van der Waals surface area contributed by atoms with Gasteiger partial charge in [0.1, 0.15) is 11.6 Å². The number of amides is 1. The first-order chi connectivity index (χ1) is 13.9. The summed E-state index contributed by atoms with van der Waals surface area (Å²) in [6, 6.07) is 15.4. The molecule has 3 rings (SSSR count). The molecular formula is C21H23N3O4S. The molecule has 0 unspecified atom stereocenters. The van der Waals surface area contributed by atoms with Crippen LogP contribution in [0.15, 0.2) is 59.5 Å². The summed E-state index contributed by atoms with van der Waals surface area (Å²) in [6.07, 6.45) is 0. The predicted molar refractivity (Wildman–Crippen MR) is 113 cm³/mol. The summed E-state index contributed by atoms with van der Waals surface area (Å²) < 4.78 is 32.2. The lowest BCUT2D eigenvalue weighted by atomic mass is 10.2. The van der Waals surface area contributed by atoms with E-state index in [1.165, 1.54) is 29.6 Å². The molecule has 1 aromatic heterocycles. The van der Waals surface area contributed by atoms with Gasteiger partial charge in [0.2, 0.25) is 10.0 Å². The summed E-state index contributed by atoms with van der Waals surface area (Å²) in [6.45, 7) is 4.22. The van der Waals surface area contributed by atoms with Crippen molar-refractivity contribution in [3.63, 3.8) is 0 Å². The van der Waals surface area contributed by atoms with Gasteiger partial charge in [0.05, 0.1) is 23.1 Å². The average Bonchev–Trinajstić information content (AvgIpc) is 2.73. The number of methoxy groups -OCH3 is 1. The maximum Gasteiger partial charge on any atom is 0.260 e. The monoisotopic (exact) mass is 413 g/mol. The van der Waals surface area contributed by atoms with Crippen molar-refractivity contribution in [1.82, 2.24) is 9.29 Å². The second-order valence-corrected chi connectivity index (χ2v) is 8.23. The number of anilines is 1. The number of carbonyl (C=O) groups excluding carboxylic acids is 1. The second-order valence-electron chi connectivity index (χ2n) is 6.29. The molecule has 0 aliphatic carbocycles. The number of sulfonamides is 1. The Morgan fingerprint density at radius 2 is 1.79 bits per heavy atom. The molecule has 0 radical (unpaired) electrons. The quantitative estimate of drug-likeness (QED) is 0.640. The van der Waals surface area contributed by atoms with Crippen LogP contribution in [0.1, 0.15) is 24.2 Å². The van der Waals surface area contributed by atoms with E-state index in [1.807, 2.05) is 30.3 Å². The van der Waals surface area contributed by atoms with Gasteiger partial charge in [0.15, 0.2) is 0 Å². The number of aromatic nitrogens is 1. The molecule has 29 heavy (non-hydrogen) atoms. The van der Waals surface area contributed by atoms with Crippen molar-refractivity contribution in [2.75, 3.05) is 25.5 Å². The molecule has 2 aromatic carbocycles. The molecule has 1 N–H and O–H groups in total. The summed E-state index contributed by atoms with van der Waals surface area (Å²) in [5.41, 5.74) is 0.866. The number of pyridine rings is 1. The predicted octanol–water partition coefficient (Wildman–Crippen LogP) is 3.53. The van der Waals surface area contributed by atoms with Crippen LogP contribution < -0.4 is 10.1 Å². The Morgan fingerprint density at radius 3 is 2.48 bits per heavy atom. The van der Waals surface area contributed by atoms with E-state index in [0.717, 1.165) is 10.9 Å². The van der Waals surface area contributed by atoms with Gasteiger partial charge >= 0.3 is 0 Å². The van der Waals surface area contributed by atoms with Crippen molar-refractivity contribution >= 4 is 32.7 Å². The zero-order valence-electron chi connectivity index (χ0n) is 16.5. The van der Waals surface area contributed by atoms with Gasteiger partial charge in [0, 0.05) is 18.5 Å². The smallest absolute Gasteiger partial charge is 0.260 e. The molecule has 0 bridgehead atoms. The van der Waals surface area contributed by atoms with Crippen molar-refractivity contribution in [2.24, 2.45) is 0 Å². The third kappa shape index (κ3) is 4.23. The topological polar surface area (TPSA) is 88.6 Å². The Labute approximate surface area is 170 Å². The van der Waals surface area contributed by atoms with E-state index in [4.69, 9.17) is 4.74 Å². The van der Waals surface area contributed by atoms with E-state index >= 15 is 0 Å². The Morgan fingerprint density at radius 1 is 1.07 bits per heavy atom. The average molecular weight is 413 g/mol.